The number of carbonyl (C=O) groups excluding carboxylic acids is 2. The maximum absolute atomic E-state index is 13.0. The van der Waals surface area contributed by atoms with Crippen molar-refractivity contribution in [2.24, 2.45) is 29.6 Å². The van der Waals surface area contributed by atoms with Crippen LogP contribution < -0.4 is 27.4 Å². The second kappa shape index (κ2) is 10.8. The number of fused-ring (bicyclic) bond motifs is 1. The number of amides is 2. The molecule has 3 aromatic rings. The highest BCUT2D eigenvalue weighted by Gasteiger charge is 2.44. The Morgan fingerprint density at radius 2 is 1.89 bits per heavy atom. The number of H-pyrrole nitrogens is 2. The van der Waals surface area contributed by atoms with Crippen LogP contribution in [0.5, 0.6) is 0 Å². The first kappa shape index (κ1) is 26.8. The highest BCUT2D eigenvalue weighted by atomic mass is 79.9. The Morgan fingerprint density at radius 3 is 2.53 bits per heavy atom. The van der Waals surface area contributed by atoms with Gasteiger partial charge in [-0.05, 0) is 78.2 Å². The van der Waals surface area contributed by atoms with E-state index < -0.39 is 0 Å². The smallest absolute Gasteiger partial charge is 0.267 e. The summed E-state index contributed by atoms with van der Waals surface area (Å²) in [5.74, 6) is 0.00357. The molecule has 1 aliphatic carbocycles. The maximum Gasteiger partial charge on any atom is 0.267 e. The van der Waals surface area contributed by atoms with Crippen LogP contribution in [0.1, 0.15) is 38.3 Å². The van der Waals surface area contributed by atoms with E-state index in [1.54, 1.807) is 16.7 Å². The molecule has 2 aliphatic rings. The highest BCUT2D eigenvalue weighted by molar-refractivity contribution is 9.13. The zero-order valence-electron chi connectivity index (χ0n) is 20.3. The lowest BCUT2D eigenvalue weighted by atomic mass is 9.69. The van der Waals surface area contributed by atoms with Crippen molar-refractivity contribution in [2.45, 2.75) is 18.4 Å². The number of hydrogen-bond donors (Lipinski definition) is 7. The Balaban J connectivity index is 1.41. The van der Waals surface area contributed by atoms with Gasteiger partial charge >= 0.3 is 0 Å². The van der Waals surface area contributed by atoms with E-state index in [9.17, 15) is 9.59 Å². The molecule has 0 radical (unpaired) electrons. The maximum atomic E-state index is 13.0. The number of aliphatic imine (C=N–C) groups is 1. The van der Waals surface area contributed by atoms with Crippen molar-refractivity contribution in [1.82, 2.24) is 35.5 Å². The van der Waals surface area contributed by atoms with Crippen LogP contribution in [0.25, 0.3) is 0 Å². The molecule has 9 N–H and O–H groups in total. The molecule has 15 heteroatoms. The lowest BCUT2D eigenvalue weighted by Gasteiger charge is -2.40. The van der Waals surface area contributed by atoms with E-state index >= 15 is 0 Å². The molecule has 0 saturated heterocycles. The van der Waals surface area contributed by atoms with E-state index in [1.165, 1.54) is 0 Å². The summed E-state index contributed by atoms with van der Waals surface area (Å²) >= 11 is 10.2. The zero-order valence-corrected chi connectivity index (χ0v) is 25.1. The number of aromatic amines is 2. The lowest BCUT2D eigenvalue weighted by Crippen LogP contribution is -2.50. The summed E-state index contributed by atoms with van der Waals surface area (Å²) in [5, 5.41) is 9.43. The molecule has 1 aliphatic heterocycles. The number of hydrogen-bond acceptors (Lipinski definition) is 7. The molecule has 12 nitrogen and oxygen atoms in total. The average molecular weight is 715 g/mol. The predicted molar refractivity (Wildman–Crippen MR) is 154 cm³/mol. The molecular formula is C23H27Br3N10O2. The molecule has 1 unspecified atom stereocenters. The Labute approximate surface area is 243 Å². The Bertz CT molecular complexity index is 1390. The summed E-state index contributed by atoms with van der Waals surface area (Å²) < 4.78 is 4.04. The van der Waals surface area contributed by atoms with Crippen LogP contribution in [0, 0.1) is 11.8 Å². The normalized spacial score (nSPS) is 22.5. The Kier molecular flexibility index (Phi) is 7.60. The van der Waals surface area contributed by atoms with Gasteiger partial charge in [0.2, 0.25) is 0 Å². The van der Waals surface area contributed by atoms with Gasteiger partial charge < -0.3 is 42.0 Å². The van der Waals surface area contributed by atoms with E-state index in [-0.39, 0.29) is 35.6 Å². The molecule has 38 heavy (non-hydrogen) atoms. The fraction of sp³-hybridized carbons (Fsp3) is 0.391. The molecule has 5 rings (SSSR count). The number of nitrogens with zero attached hydrogens (tertiary/aromatic N) is 3. The molecule has 0 aromatic carbocycles. The summed E-state index contributed by atoms with van der Waals surface area (Å²) in [6, 6.07) is 3.37. The largest absolute Gasteiger partial charge is 0.370 e. The number of guanidine groups is 1. The second-order valence-corrected chi connectivity index (χ2v) is 12.1. The van der Waals surface area contributed by atoms with Crippen LogP contribution in [-0.4, -0.2) is 63.0 Å². The summed E-state index contributed by atoms with van der Waals surface area (Å²) in [5.41, 5.74) is 14.8. The fourth-order valence-electron chi connectivity index (χ4n) is 5.38. The Morgan fingerprint density at radius 1 is 1.13 bits per heavy atom. The first-order valence-corrected chi connectivity index (χ1v) is 14.3. The van der Waals surface area contributed by atoms with Crippen LogP contribution >= 0.6 is 47.8 Å². The second-order valence-electron chi connectivity index (χ2n) is 9.53. The summed E-state index contributed by atoms with van der Waals surface area (Å²) in [6.07, 6.45) is 2.41. The lowest BCUT2D eigenvalue weighted by molar-refractivity contribution is 0.0896. The number of carbonyl (C=O) groups is 2. The monoisotopic (exact) mass is 712 g/mol. The molecule has 0 saturated carbocycles. The van der Waals surface area contributed by atoms with E-state index in [2.05, 4.69) is 83.7 Å². The van der Waals surface area contributed by atoms with Gasteiger partial charge in [-0.3, -0.25) is 14.6 Å². The van der Waals surface area contributed by atoms with Gasteiger partial charge in [0.25, 0.3) is 11.8 Å². The molecule has 3 aromatic heterocycles. The van der Waals surface area contributed by atoms with Gasteiger partial charge in [0.1, 0.15) is 11.4 Å². The number of nitrogen functional groups attached to an aromatic ring is 1. The van der Waals surface area contributed by atoms with Crippen LogP contribution in [0.2, 0.25) is 0 Å². The van der Waals surface area contributed by atoms with E-state index in [4.69, 9.17) is 11.5 Å². The third kappa shape index (κ3) is 5.36. The van der Waals surface area contributed by atoms with Crippen LogP contribution in [0.15, 0.2) is 36.9 Å². The first-order chi connectivity index (χ1) is 18.1. The van der Waals surface area contributed by atoms with Crippen molar-refractivity contribution in [3.63, 3.8) is 0 Å². The predicted octanol–water partition coefficient (Wildman–Crippen LogP) is 1.96. The van der Waals surface area contributed by atoms with E-state index in [0.29, 0.717) is 54.0 Å². The topological polar surface area (TPSA) is 184 Å². The third-order valence-corrected chi connectivity index (χ3v) is 9.32. The molecule has 4 atom stereocenters. The van der Waals surface area contributed by atoms with Crippen LogP contribution in [0.4, 0.5) is 5.95 Å². The van der Waals surface area contributed by atoms with Gasteiger partial charge in [0.05, 0.1) is 27.4 Å². The van der Waals surface area contributed by atoms with Crippen molar-refractivity contribution in [3.8, 4) is 0 Å². The first-order valence-electron chi connectivity index (χ1n) is 11.9. The van der Waals surface area contributed by atoms with Gasteiger partial charge in [-0.25, -0.2) is 4.98 Å². The van der Waals surface area contributed by atoms with Crippen LogP contribution in [0.3, 0.4) is 0 Å². The SMILES string of the molecule is Cn1cc(Br)cc1C(=O)NC[C@H]1Cc2nc(N)[nH]c2[C@@H](C2CN=C(N)N2)[C@@H]1CNC(=O)c1cc(Br)c(Br)[nH]1. The third-order valence-electron chi connectivity index (χ3n) is 7.11. The number of nitrogens with two attached hydrogens (primary N) is 2. The number of halogens is 3. The molecule has 4 heterocycles. The standard InChI is InChI=1S/C23H27Br3N10O2/c1-36-8-10(24)3-16(36)21(38)29-5-9-2-13-18(35-23(28)33-13)17(15-7-31-22(27)34-15)11(9)6-30-20(37)14-4-12(25)19(26)32-14/h3-4,8-9,11,15,17,32H,2,5-7H2,1H3,(H,29,38)(H,30,37)(H3,27,31,34)(H3,28,33,35)/t9-,11-,15?,17-/m1/s1. The molecule has 0 spiro atoms. The number of anilines is 1. The van der Waals surface area contributed by atoms with E-state index in [1.807, 2.05) is 13.2 Å². The number of nitrogens with one attached hydrogen (secondary N) is 5. The van der Waals surface area contributed by atoms with Gasteiger partial charge in [0.15, 0.2) is 11.9 Å². The zero-order chi connectivity index (χ0) is 27.1. The van der Waals surface area contributed by atoms with Crippen molar-refractivity contribution in [1.29, 1.82) is 0 Å². The summed E-state index contributed by atoms with van der Waals surface area (Å²) in [4.78, 5) is 41.2. The minimum absolute atomic E-state index is 0.0473. The van der Waals surface area contributed by atoms with Gasteiger partial charge in [-0.15, -0.1) is 0 Å². The summed E-state index contributed by atoms with van der Waals surface area (Å²) in [7, 11) is 1.82. The fourth-order valence-corrected chi connectivity index (χ4v) is 6.56. The van der Waals surface area contributed by atoms with Crippen molar-refractivity contribution < 1.29 is 9.59 Å². The number of aromatic nitrogens is 4. The molecule has 0 bridgehead atoms. The molecule has 2 amide bonds. The minimum atomic E-state index is -0.239. The average Bonchev–Trinajstić information content (AvgIpc) is 3.62. The van der Waals surface area contributed by atoms with Crippen molar-refractivity contribution in [3.05, 3.63) is 54.7 Å². The number of aryl methyl sites for hydroxylation is 1. The molecular weight excluding hydrogens is 688 g/mol. The van der Waals surface area contributed by atoms with Crippen molar-refractivity contribution in [2.75, 3.05) is 25.4 Å². The quantitative estimate of drug-likeness (QED) is 0.196. The van der Waals surface area contributed by atoms with Gasteiger partial charge in [-0.2, -0.15) is 0 Å². The number of imidazole rings is 1. The van der Waals surface area contributed by atoms with E-state index in [0.717, 1.165) is 20.3 Å². The van der Waals surface area contributed by atoms with Gasteiger partial charge in [0, 0.05) is 42.4 Å². The minimum Gasteiger partial charge on any atom is -0.370 e. The number of rotatable bonds is 7. The van der Waals surface area contributed by atoms with Crippen molar-refractivity contribution >= 4 is 71.5 Å². The van der Waals surface area contributed by atoms with Gasteiger partial charge in [-0.1, -0.05) is 0 Å². The summed E-state index contributed by atoms with van der Waals surface area (Å²) in [6.45, 7) is 1.21. The molecule has 202 valence electrons. The molecule has 0 fully saturated rings. The highest BCUT2D eigenvalue weighted by Crippen LogP contribution is 2.41. The Hall–Kier alpha value is -2.78. The van der Waals surface area contributed by atoms with Crippen LogP contribution in [-0.2, 0) is 13.5 Å².